The van der Waals surface area contributed by atoms with Gasteiger partial charge in [-0.3, -0.25) is 4.98 Å². The Bertz CT molecular complexity index is 575. The topological polar surface area (TPSA) is 67.9 Å². The third-order valence-corrected chi connectivity index (χ3v) is 2.62. The maximum Gasteiger partial charge on any atom is 0.358 e. The molecular weight excluding hydrogens is 230 g/mol. The Balaban J connectivity index is 2.41. The molecule has 0 saturated carbocycles. The van der Waals surface area contributed by atoms with Gasteiger partial charge in [-0.25, -0.2) is 9.78 Å². The molecule has 0 radical (unpaired) electrons. The molecule has 0 aliphatic rings. The first-order valence-electron chi connectivity index (χ1n) is 5.79. The van der Waals surface area contributed by atoms with E-state index in [4.69, 9.17) is 4.74 Å². The molecule has 0 unspecified atom stereocenters. The largest absolute Gasteiger partial charge is 0.461 e. The average molecular weight is 245 g/mol. The molecule has 0 saturated heterocycles. The van der Waals surface area contributed by atoms with Crippen molar-refractivity contribution in [1.82, 2.24) is 15.0 Å². The second kappa shape index (κ2) is 5.00. The van der Waals surface area contributed by atoms with E-state index in [9.17, 15) is 4.79 Å². The summed E-state index contributed by atoms with van der Waals surface area (Å²) in [6.07, 6.45) is 1.72. The number of hydrogen-bond donors (Lipinski definition) is 1. The lowest BCUT2D eigenvalue weighted by molar-refractivity contribution is 0.0519. The average Bonchev–Trinajstić information content (AvgIpc) is 2.72. The molecule has 1 N–H and O–H groups in total. The SMILES string of the molecule is CCOC(=O)c1nc(-c2cccnc2C)[nH]c1C. The Morgan fingerprint density at radius 1 is 1.44 bits per heavy atom. The molecule has 0 amide bonds. The van der Waals surface area contributed by atoms with E-state index >= 15 is 0 Å². The van der Waals surface area contributed by atoms with Crippen LogP contribution in [0, 0.1) is 13.8 Å². The van der Waals surface area contributed by atoms with Gasteiger partial charge in [0.05, 0.1) is 6.61 Å². The van der Waals surface area contributed by atoms with Crippen LogP contribution in [0.4, 0.5) is 0 Å². The van der Waals surface area contributed by atoms with Crippen LogP contribution in [0.15, 0.2) is 18.3 Å². The second-order valence-corrected chi connectivity index (χ2v) is 3.92. The Hall–Kier alpha value is -2.17. The van der Waals surface area contributed by atoms with Gasteiger partial charge in [-0.1, -0.05) is 0 Å². The standard InChI is InChI=1S/C13H15N3O2/c1-4-18-13(17)11-9(3)15-12(16-11)10-6-5-7-14-8(10)2/h5-7H,4H2,1-3H3,(H,15,16). The minimum Gasteiger partial charge on any atom is -0.461 e. The number of aromatic amines is 1. The highest BCUT2D eigenvalue weighted by Gasteiger charge is 2.17. The van der Waals surface area contributed by atoms with Crippen LogP contribution in [0.1, 0.15) is 28.8 Å². The highest BCUT2D eigenvalue weighted by atomic mass is 16.5. The number of imidazole rings is 1. The molecule has 2 heterocycles. The summed E-state index contributed by atoms with van der Waals surface area (Å²) < 4.78 is 4.95. The molecule has 2 aromatic rings. The third-order valence-electron chi connectivity index (χ3n) is 2.62. The number of aryl methyl sites for hydroxylation is 2. The molecule has 0 aliphatic heterocycles. The molecule has 94 valence electrons. The minimum absolute atomic E-state index is 0.329. The number of rotatable bonds is 3. The quantitative estimate of drug-likeness (QED) is 0.842. The number of nitrogens with one attached hydrogen (secondary N) is 1. The number of esters is 1. The van der Waals surface area contributed by atoms with Gasteiger partial charge in [0.25, 0.3) is 0 Å². The van der Waals surface area contributed by atoms with Crippen molar-refractivity contribution in [2.45, 2.75) is 20.8 Å². The second-order valence-electron chi connectivity index (χ2n) is 3.92. The molecule has 2 rings (SSSR count). The molecule has 5 heteroatoms. The summed E-state index contributed by atoms with van der Waals surface area (Å²) in [6, 6.07) is 3.75. The Morgan fingerprint density at radius 3 is 2.89 bits per heavy atom. The van der Waals surface area contributed by atoms with E-state index in [1.165, 1.54) is 0 Å². The van der Waals surface area contributed by atoms with Crippen LogP contribution >= 0.6 is 0 Å². The molecule has 0 aliphatic carbocycles. The van der Waals surface area contributed by atoms with Crippen molar-refractivity contribution in [3.8, 4) is 11.4 Å². The molecule has 18 heavy (non-hydrogen) atoms. The number of pyridine rings is 1. The molecule has 0 aromatic carbocycles. The van der Waals surface area contributed by atoms with Crippen molar-refractivity contribution >= 4 is 5.97 Å². The summed E-state index contributed by atoms with van der Waals surface area (Å²) in [5.41, 5.74) is 2.78. The zero-order valence-electron chi connectivity index (χ0n) is 10.7. The Labute approximate surface area is 105 Å². The van der Waals surface area contributed by atoms with Crippen molar-refractivity contribution in [1.29, 1.82) is 0 Å². The van der Waals surface area contributed by atoms with Gasteiger partial charge < -0.3 is 9.72 Å². The van der Waals surface area contributed by atoms with Gasteiger partial charge in [-0.05, 0) is 32.9 Å². The molecule has 0 atom stereocenters. The van der Waals surface area contributed by atoms with Crippen LogP contribution in [0.3, 0.4) is 0 Å². The first-order valence-corrected chi connectivity index (χ1v) is 5.79. The molecule has 2 aromatic heterocycles. The van der Waals surface area contributed by atoms with Gasteiger partial charge in [-0.2, -0.15) is 0 Å². The first kappa shape index (κ1) is 12.3. The van der Waals surface area contributed by atoms with E-state index in [1.54, 1.807) is 20.0 Å². The van der Waals surface area contributed by atoms with Crippen molar-refractivity contribution in [3.05, 3.63) is 35.4 Å². The zero-order chi connectivity index (χ0) is 13.1. The van der Waals surface area contributed by atoms with Crippen LogP contribution in [0.25, 0.3) is 11.4 Å². The highest BCUT2D eigenvalue weighted by Crippen LogP contribution is 2.20. The summed E-state index contributed by atoms with van der Waals surface area (Å²) >= 11 is 0. The van der Waals surface area contributed by atoms with E-state index in [2.05, 4.69) is 15.0 Å². The van der Waals surface area contributed by atoms with Crippen LogP contribution in [0.2, 0.25) is 0 Å². The number of carbonyl (C=O) groups is 1. The van der Waals surface area contributed by atoms with Gasteiger partial charge in [0, 0.05) is 23.1 Å². The smallest absolute Gasteiger partial charge is 0.358 e. The van der Waals surface area contributed by atoms with E-state index in [0.29, 0.717) is 23.8 Å². The van der Waals surface area contributed by atoms with Crippen LogP contribution in [-0.2, 0) is 4.74 Å². The van der Waals surface area contributed by atoms with Crippen LogP contribution in [-0.4, -0.2) is 27.5 Å². The van der Waals surface area contributed by atoms with Crippen molar-refractivity contribution in [2.24, 2.45) is 0 Å². The van der Waals surface area contributed by atoms with Crippen LogP contribution < -0.4 is 0 Å². The third kappa shape index (κ3) is 2.25. The molecule has 0 fully saturated rings. The van der Waals surface area contributed by atoms with E-state index in [1.807, 2.05) is 19.1 Å². The molecule has 0 bridgehead atoms. The van der Waals surface area contributed by atoms with E-state index < -0.39 is 5.97 Å². The maximum atomic E-state index is 11.7. The summed E-state index contributed by atoms with van der Waals surface area (Å²) in [5, 5.41) is 0. The number of ether oxygens (including phenoxy) is 1. The molecule has 5 nitrogen and oxygen atoms in total. The lowest BCUT2D eigenvalue weighted by Gasteiger charge is -1.99. The predicted octanol–water partition coefficient (Wildman–Crippen LogP) is 2.27. The van der Waals surface area contributed by atoms with Crippen molar-refractivity contribution in [2.75, 3.05) is 6.61 Å². The number of hydrogen-bond acceptors (Lipinski definition) is 4. The summed E-state index contributed by atoms with van der Waals surface area (Å²) in [4.78, 5) is 23.3. The monoisotopic (exact) mass is 245 g/mol. The number of H-pyrrole nitrogens is 1. The van der Waals surface area contributed by atoms with E-state index in [0.717, 1.165) is 11.3 Å². The fraction of sp³-hybridized carbons (Fsp3) is 0.308. The van der Waals surface area contributed by atoms with Gasteiger partial charge in [0.2, 0.25) is 0 Å². The Kier molecular flexibility index (Phi) is 3.41. The van der Waals surface area contributed by atoms with Crippen molar-refractivity contribution in [3.63, 3.8) is 0 Å². The van der Waals surface area contributed by atoms with Gasteiger partial charge in [0.15, 0.2) is 5.69 Å². The van der Waals surface area contributed by atoms with Gasteiger partial charge in [0.1, 0.15) is 5.82 Å². The number of aromatic nitrogens is 3. The number of nitrogens with zero attached hydrogens (tertiary/aromatic N) is 2. The lowest BCUT2D eigenvalue weighted by Crippen LogP contribution is -2.06. The number of carbonyl (C=O) groups excluding carboxylic acids is 1. The van der Waals surface area contributed by atoms with Crippen molar-refractivity contribution < 1.29 is 9.53 Å². The summed E-state index contributed by atoms with van der Waals surface area (Å²) in [5.74, 6) is 0.236. The molecule has 0 spiro atoms. The maximum absolute atomic E-state index is 11.7. The van der Waals surface area contributed by atoms with Gasteiger partial charge in [-0.15, -0.1) is 0 Å². The fourth-order valence-electron chi connectivity index (χ4n) is 1.72. The zero-order valence-corrected chi connectivity index (χ0v) is 10.7. The van der Waals surface area contributed by atoms with Crippen LogP contribution in [0.5, 0.6) is 0 Å². The summed E-state index contributed by atoms with van der Waals surface area (Å²) in [7, 11) is 0. The van der Waals surface area contributed by atoms with E-state index in [-0.39, 0.29) is 0 Å². The summed E-state index contributed by atoms with van der Waals surface area (Å²) in [6.45, 7) is 5.81. The van der Waals surface area contributed by atoms with Gasteiger partial charge >= 0.3 is 5.97 Å². The normalized spacial score (nSPS) is 10.4. The minimum atomic E-state index is -0.404. The fourth-order valence-corrected chi connectivity index (χ4v) is 1.72. The Morgan fingerprint density at radius 2 is 2.22 bits per heavy atom. The lowest BCUT2D eigenvalue weighted by atomic mass is 10.2. The highest BCUT2D eigenvalue weighted by molar-refractivity contribution is 5.89. The first-order chi connectivity index (χ1) is 8.63. The predicted molar refractivity (Wildman–Crippen MR) is 67.2 cm³/mol. The molecular formula is C13H15N3O2.